The number of rotatable bonds is 33. The minimum atomic E-state index is -0.614. The van der Waals surface area contributed by atoms with Gasteiger partial charge >= 0.3 is 0 Å². The topological polar surface area (TPSA) is 83.9 Å². The van der Waals surface area contributed by atoms with E-state index in [2.05, 4.69) is 23.0 Å². The zero-order valence-electron chi connectivity index (χ0n) is 34.0. The molecule has 0 bridgehead atoms. The van der Waals surface area contributed by atoms with E-state index in [-0.39, 0.29) is 23.7 Å². The van der Waals surface area contributed by atoms with Crippen LogP contribution in [-0.4, -0.2) is 127 Å². The van der Waals surface area contributed by atoms with E-state index in [0.717, 1.165) is 102 Å². The molecule has 4 unspecified atom stereocenters. The van der Waals surface area contributed by atoms with Crippen molar-refractivity contribution in [2.24, 2.45) is 0 Å². The largest absolute Gasteiger partial charge is 0.396 e. The van der Waals surface area contributed by atoms with Gasteiger partial charge in [0.1, 0.15) is 32.9 Å². The standard InChI is InChI=1S/C40H84N2O6S2Si2/c1-3-5-7-9-11-13-15-17-31-45-35-47-37-21-23-39(43)51-41(29-25-37)27-19-33-49-50-34-20-28-42-30-26-38(22-24-40(44)52-42)48-36-46-32-18-16-14-12-10-8-6-4-2/h37-40,43-44H,3-36,51-52H2,1-2H3. The fraction of sp³-hybridized carbons (Fsp3) is 1.00. The van der Waals surface area contributed by atoms with Gasteiger partial charge in [-0.1, -0.05) is 125 Å². The lowest BCUT2D eigenvalue weighted by Gasteiger charge is -2.30. The van der Waals surface area contributed by atoms with Crippen molar-refractivity contribution in [3.63, 3.8) is 0 Å². The van der Waals surface area contributed by atoms with Gasteiger partial charge < -0.3 is 38.3 Å². The number of nitrogens with zero attached hydrogens (tertiary/aromatic N) is 2. The third-order valence-corrected chi connectivity index (χ3v) is 17.2. The minimum Gasteiger partial charge on any atom is -0.396 e. The fourth-order valence-electron chi connectivity index (χ4n) is 7.29. The lowest BCUT2D eigenvalue weighted by atomic mass is 10.1. The molecular weight excluding hydrogens is 725 g/mol. The Balaban J connectivity index is 1.44. The Morgan fingerprint density at radius 3 is 1.29 bits per heavy atom. The maximum Gasteiger partial charge on any atom is 0.147 e. The molecule has 0 radical (unpaired) electrons. The van der Waals surface area contributed by atoms with Crippen LogP contribution in [0.15, 0.2) is 0 Å². The van der Waals surface area contributed by atoms with Gasteiger partial charge in [0.05, 0.1) is 23.7 Å². The lowest BCUT2D eigenvalue weighted by Crippen LogP contribution is -2.41. The second-order valence-corrected chi connectivity index (χ2v) is 22.7. The van der Waals surface area contributed by atoms with Gasteiger partial charge in [-0.05, 0) is 90.4 Å². The molecule has 2 heterocycles. The van der Waals surface area contributed by atoms with Gasteiger partial charge in [0.2, 0.25) is 0 Å². The van der Waals surface area contributed by atoms with Crippen LogP contribution in [0.4, 0.5) is 0 Å². The first kappa shape index (κ1) is 49.0. The van der Waals surface area contributed by atoms with Crippen molar-refractivity contribution in [1.82, 2.24) is 9.13 Å². The molecule has 0 spiro atoms. The number of hydrogen-bond donors (Lipinski definition) is 2. The molecule has 0 aromatic carbocycles. The smallest absolute Gasteiger partial charge is 0.147 e. The highest BCUT2D eigenvalue weighted by molar-refractivity contribution is 8.76. The summed E-state index contributed by atoms with van der Waals surface area (Å²) in [6, 6.07) is 0. The quantitative estimate of drug-likeness (QED) is 0.0296. The minimum absolute atomic E-state index is 0.128. The van der Waals surface area contributed by atoms with Gasteiger partial charge in [-0.25, -0.2) is 0 Å². The molecular formula is C40H84N2O6S2Si2. The maximum absolute atomic E-state index is 10.6. The molecule has 2 saturated heterocycles. The van der Waals surface area contributed by atoms with Gasteiger partial charge in [-0.3, -0.25) is 0 Å². The first-order valence-corrected chi connectivity index (χ1v) is 27.4. The first-order chi connectivity index (χ1) is 25.6. The molecule has 0 aliphatic carbocycles. The second kappa shape index (κ2) is 36.2. The van der Waals surface area contributed by atoms with Crippen LogP contribution in [0.3, 0.4) is 0 Å². The lowest BCUT2D eigenvalue weighted by molar-refractivity contribution is -0.0975. The van der Waals surface area contributed by atoms with Crippen LogP contribution in [-0.2, 0) is 18.9 Å². The molecule has 4 atom stereocenters. The Morgan fingerprint density at radius 2 is 0.885 bits per heavy atom. The molecule has 52 heavy (non-hydrogen) atoms. The van der Waals surface area contributed by atoms with E-state index in [1.54, 1.807) is 0 Å². The molecule has 2 rings (SSSR count). The van der Waals surface area contributed by atoms with Crippen LogP contribution >= 0.6 is 21.6 Å². The highest BCUT2D eigenvalue weighted by atomic mass is 33.1. The van der Waals surface area contributed by atoms with E-state index in [4.69, 9.17) is 18.9 Å². The molecule has 0 aromatic rings. The Labute approximate surface area is 333 Å². The predicted molar refractivity (Wildman–Crippen MR) is 231 cm³/mol. The van der Waals surface area contributed by atoms with Crippen molar-refractivity contribution in [3.8, 4) is 0 Å². The van der Waals surface area contributed by atoms with Gasteiger partial charge in [-0.2, -0.15) is 0 Å². The Kier molecular flexibility index (Phi) is 34.1. The van der Waals surface area contributed by atoms with E-state index in [0.29, 0.717) is 13.6 Å². The number of aliphatic hydroxyl groups is 2. The van der Waals surface area contributed by atoms with E-state index in [1.807, 2.05) is 21.6 Å². The second-order valence-electron chi connectivity index (χ2n) is 15.6. The van der Waals surface area contributed by atoms with Crippen molar-refractivity contribution in [1.29, 1.82) is 0 Å². The summed E-state index contributed by atoms with van der Waals surface area (Å²) in [6.07, 6.45) is 29.6. The van der Waals surface area contributed by atoms with Gasteiger partial charge in [0.15, 0.2) is 0 Å². The van der Waals surface area contributed by atoms with Crippen molar-refractivity contribution < 1.29 is 29.2 Å². The molecule has 0 aromatic heterocycles. The summed E-state index contributed by atoms with van der Waals surface area (Å²) in [5, 5.41) is 21.3. The van der Waals surface area contributed by atoms with Crippen LogP contribution in [0, 0.1) is 0 Å². The summed E-state index contributed by atoms with van der Waals surface area (Å²) in [4.78, 5) is 0. The van der Waals surface area contributed by atoms with E-state index in [9.17, 15) is 10.2 Å². The maximum atomic E-state index is 10.6. The summed E-state index contributed by atoms with van der Waals surface area (Å²) in [6.45, 7) is 11.2. The molecule has 2 aliphatic heterocycles. The monoisotopic (exact) mass is 809 g/mol. The van der Waals surface area contributed by atoms with Crippen LogP contribution in [0.5, 0.6) is 0 Å². The van der Waals surface area contributed by atoms with Crippen molar-refractivity contribution in [3.05, 3.63) is 0 Å². The molecule has 0 saturated carbocycles. The molecule has 0 amide bonds. The zero-order valence-corrected chi connectivity index (χ0v) is 38.5. The molecule has 2 N–H and O–H groups in total. The van der Waals surface area contributed by atoms with Crippen molar-refractivity contribution >= 4 is 41.0 Å². The van der Waals surface area contributed by atoms with Gasteiger partial charge in [-0.15, -0.1) is 0 Å². The van der Waals surface area contributed by atoms with E-state index >= 15 is 0 Å². The highest BCUT2D eigenvalue weighted by Gasteiger charge is 2.22. The number of ether oxygens (including phenoxy) is 4. The average Bonchev–Trinajstić information content (AvgIpc) is 3.13. The normalized spacial score (nSPS) is 23.5. The molecule has 2 fully saturated rings. The Morgan fingerprint density at radius 1 is 0.500 bits per heavy atom. The highest BCUT2D eigenvalue weighted by Crippen LogP contribution is 2.24. The van der Waals surface area contributed by atoms with E-state index < -0.39 is 19.4 Å². The molecule has 12 heteroatoms. The Hall–Kier alpha value is 0.814. The first-order valence-electron chi connectivity index (χ1n) is 22.0. The Bertz CT molecular complexity index is 711. The summed E-state index contributed by atoms with van der Waals surface area (Å²) >= 11 is 0. The van der Waals surface area contributed by atoms with Crippen LogP contribution in [0.2, 0.25) is 0 Å². The zero-order chi connectivity index (χ0) is 37.2. The SMILES string of the molecule is CCCCCCCCCCOCOC1CCC(O)[SiH2]N(CCCSSCCCN2CCC(OCOCCCCCCCCCC)CCC(O)[SiH2]2)CC1. The molecule has 2 aliphatic rings. The summed E-state index contributed by atoms with van der Waals surface area (Å²) < 4.78 is 29.0. The van der Waals surface area contributed by atoms with Crippen molar-refractivity contribution in [2.75, 3.05) is 64.5 Å². The average molecular weight is 809 g/mol. The van der Waals surface area contributed by atoms with Crippen LogP contribution in [0.25, 0.3) is 0 Å². The van der Waals surface area contributed by atoms with Gasteiger partial charge in [0.25, 0.3) is 0 Å². The van der Waals surface area contributed by atoms with Crippen LogP contribution < -0.4 is 0 Å². The molecule has 310 valence electrons. The number of aliphatic hydroxyl groups excluding tert-OH is 2. The van der Waals surface area contributed by atoms with Gasteiger partial charge in [0, 0.05) is 24.7 Å². The third-order valence-electron chi connectivity index (χ3n) is 10.7. The van der Waals surface area contributed by atoms with Crippen LogP contribution in [0.1, 0.15) is 168 Å². The summed E-state index contributed by atoms with van der Waals surface area (Å²) in [5.41, 5.74) is -0.256. The fourth-order valence-corrected chi connectivity index (χ4v) is 13.0. The van der Waals surface area contributed by atoms with E-state index in [1.165, 1.54) is 103 Å². The van der Waals surface area contributed by atoms with Crippen molar-refractivity contribution in [2.45, 2.75) is 192 Å². The number of hydrogen-bond acceptors (Lipinski definition) is 10. The summed E-state index contributed by atoms with van der Waals surface area (Å²) in [7, 11) is 2.78. The third kappa shape index (κ3) is 29.1. The molecule has 8 nitrogen and oxygen atoms in total. The predicted octanol–water partition coefficient (Wildman–Crippen LogP) is 7.92. The number of unbranched alkanes of at least 4 members (excludes halogenated alkanes) is 14. The summed E-state index contributed by atoms with van der Waals surface area (Å²) in [5.74, 6) is 2.32.